The first-order valence-electron chi connectivity index (χ1n) is 22.3. The zero-order valence-electron chi connectivity index (χ0n) is 34.8. The van der Waals surface area contributed by atoms with Crippen LogP contribution in [0.25, 0.3) is 0 Å². The number of carbonyl (C=O) groups is 6. The Balaban J connectivity index is 0.724. The van der Waals surface area contributed by atoms with Gasteiger partial charge in [-0.05, 0) is 99.8 Å². The van der Waals surface area contributed by atoms with E-state index in [2.05, 4.69) is 52.2 Å². The van der Waals surface area contributed by atoms with Gasteiger partial charge in [-0.1, -0.05) is 25.0 Å². The Morgan fingerprint density at radius 3 is 2.15 bits per heavy atom. The molecule has 10 rings (SSSR count). The molecule has 5 saturated heterocycles. The van der Waals surface area contributed by atoms with Crippen LogP contribution in [-0.4, -0.2) is 142 Å². The predicted molar refractivity (Wildman–Crippen MR) is 229 cm³/mol. The summed E-state index contributed by atoms with van der Waals surface area (Å²) >= 11 is 0. The number of nitrogens with zero attached hydrogens (tertiary/aromatic N) is 8. The van der Waals surface area contributed by atoms with Gasteiger partial charge in [0.1, 0.15) is 11.9 Å². The van der Waals surface area contributed by atoms with E-state index in [9.17, 15) is 28.8 Å². The quantitative estimate of drug-likeness (QED) is 0.252. The Morgan fingerprint density at radius 1 is 0.726 bits per heavy atom. The van der Waals surface area contributed by atoms with Crippen molar-refractivity contribution in [2.75, 3.05) is 67.5 Å². The maximum atomic E-state index is 13.5. The number of primary amides is 1. The van der Waals surface area contributed by atoms with Crippen LogP contribution in [0.5, 0.6) is 0 Å². The highest BCUT2D eigenvalue weighted by molar-refractivity contribution is 6.23. The lowest BCUT2D eigenvalue weighted by molar-refractivity contribution is -0.136. The van der Waals surface area contributed by atoms with Crippen LogP contribution in [0.4, 0.5) is 27.8 Å². The van der Waals surface area contributed by atoms with Gasteiger partial charge in [0.15, 0.2) is 11.5 Å². The Bertz CT molecular complexity index is 2300. The summed E-state index contributed by atoms with van der Waals surface area (Å²) in [6.07, 6.45) is 10.4. The van der Waals surface area contributed by atoms with E-state index >= 15 is 0 Å². The summed E-state index contributed by atoms with van der Waals surface area (Å²) in [5.74, 6) is -1.29. The minimum atomic E-state index is -0.981. The van der Waals surface area contributed by atoms with Gasteiger partial charge in [-0.2, -0.15) is 0 Å². The van der Waals surface area contributed by atoms with Crippen molar-refractivity contribution in [3.63, 3.8) is 0 Å². The van der Waals surface area contributed by atoms with Gasteiger partial charge in [0.25, 0.3) is 17.7 Å². The maximum Gasteiger partial charge on any atom is 0.320 e. The summed E-state index contributed by atoms with van der Waals surface area (Å²) in [6, 6.07) is 13.6. The molecule has 0 bridgehead atoms. The molecule has 0 spiro atoms. The first kappa shape index (κ1) is 40.0. The van der Waals surface area contributed by atoms with Gasteiger partial charge in [-0.15, -0.1) is 0 Å². The van der Waals surface area contributed by atoms with E-state index in [0.29, 0.717) is 41.7 Å². The first-order chi connectivity index (χ1) is 30.1. The number of hydrogen-bond acceptors (Lipinski definition) is 12. The highest BCUT2D eigenvalue weighted by atomic mass is 16.2. The zero-order chi connectivity index (χ0) is 42.6. The third kappa shape index (κ3) is 7.39. The molecule has 7 aliphatic rings. The van der Waals surface area contributed by atoms with E-state index in [1.165, 1.54) is 18.4 Å². The Labute approximate surface area is 359 Å². The van der Waals surface area contributed by atoms with Gasteiger partial charge in [-0.25, -0.2) is 14.8 Å². The first-order valence-corrected chi connectivity index (χ1v) is 22.3. The molecule has 1 aromatic heterocycles. The third-order valence-electron chi connectivity index (χ3n) is 14.3. The lowest BCUT2D eigenvalue weighted by Crippen LogP contribution is -2.60. The van der Waals surface area contributed by atoms with Crippen molar-refractivity contribution in [2.24, 2.45) is 5.73 Å². The summed E-state index contributed by atoms with van der Waals surface area (Å²) in [5.41, 5.74) is 9.32. The summed E-state index contributed by atoms with van der Waals surface area (Å²) in [4.78, 5) is 97.9. The topological polar surface area (TPSA) is 198 Å². The number of imide groups is 2. The molecule has 1 aliphatic carbocycles. The van der Waals surface area contributed by atoms with Gasteiger partial charge >= 0.3 is 6.03 Å². The largest absolute Gasteiger partial charge is 0.368 e. The van der Waals surface area contributed by atoms with E-state index in [4.69, 9.17) is 10.7 Å². The molecule has 62 heavy (non-hydrogen) atoms. The van der Waals surface area contributed by atoms with Crippen LogP contribution in [0.15, 0.2) is 48.7 Å². The Morgan fingerprint density at radius 2 is 1.42 bits per heavy atom. The monoisotopic (exact) mass is 843 g/mol. The number of piperidine rings is 3. The summed E-state index contributed by atoms with van der Waals surface area (Å²) < 4.78 is 0. The number of likely N-dealkylation sites (tertiary alicyclic amines) is 1. The molecule has 1 saturated carbocycles. The smallest absolute Gasteiger partial charge is 0.320 e. The Kier molecular flexibility index (Phi) is 10.5. The SMILES string of the molecule is NC(=O)c1ncc(N2CCCC(N3CCN(C4CCCC4)C3=O)C2)nc1Nc1ccc(C2CCN(C3CN(c4ccc5c(c4)C(=O)N(C4CCC(=O)NC4=O)C5=O)C3)CC2)cc1. The van der Waals surface area contributed by atoms with Gasteiger partial charge in [0.05, 0.1) is 23.4 Å². The van der Waals surface area contributed by atoms with Crippen molar-refractivity contribution in [3.05, 3.63) is 71.0 Å². The van der Waals surface area contributed by atoms with E-state index < -0.39 is 35.6 Å². The van der Waals surface area contributed by atoms with E-state index in [1.807, 2.05) is 18.2 Å². The number of anilines is 4. The van der Waals surface area contributed by atoms with E-state index in [0.717, 1.165) is 101 Å². The molecule has 7 amide bonds. The van der Waals surface area contributed by atoms with E-state index in [1.54, 1.807) is 18.3 Å². The summed E-state index contributed by atoms with van der Waals surface area (Å²) in [5, 5.41) is 5.56. The van der Waals surface area contributed by atoms with Crippen molar-refractivity contribution >= 4 is 58.6 Å². The van der Waals surface area contributed by atoms with Crippen molar-refractivity contribution < 1.29 is 28.8 Å². The van der Waals surface area contributed by atoms with Gasteiger partial charge in [0, 0.05) is 69.1 Å². The molecule has 2 unspecified atom stereocenters. The van der Waals surface area contributed by atoms with Gasteiger partial charge < -0.3 is 30.7 Å². The van der Waals surface area contributed by atoms with Crippen molar-refractivity contribution in [1.82, 2.24) is 34.9 Å². The number of benzene rings is 2. The van der Waals surface area contributed by atoms with Crippen molar-refractivity contribution in [1.29, 1.82) is 0 Å². The van der Waals surface area contributed by atoms with Crippen LogP contribution in [0.1, 0.15) is 107 Å². The number of aromatic nitrogens is 2. The van der Waals surface area contributed by atoms with Crippen molar-refractivity contribution in [2.45, 2.75) is 94.3 Å². The zero-order valence-corrected chi connectivity index (χ0v) is 34.8. The van der Waals surface area contributed by atoms with Crippen molar-refractivity contribution in [3.8, 4) is 0 Å². The average Bonchev–Trinajstić information content (AvgIpc) is 3.99. The van der Waals surface area contributed by atoms with Crippen LogP contribution >= 0.6 is 0 Å². The number of fused-ring (bicyclic) bond motifs is 1. The number of hydrogen-bond donors (Lipinski definition) is 3. The molecule has 2 atom stereocenters. The second-order valence-electron chi connectivity index (χ2n) is 17.9. The fourth-order valence-electron chi connectivity index (χ4n) is 10.8. The molecule has 2 aromatic carbocycles. The predicted octanol–water partition coefficient (Wildman–Crippen LogP) is 3.44. The number of urea groups is 1. The van der Waals surface area contributed by atoms with Crippen LogP contribution in [0.2, 0.25) is 0 Å². The number of nitrogens with two attached hydrogens (primary N) is 1. The Hall–Kier alpha value is -6.10. The maximum absolute atomic E-state index is 13.5. The highest BCUT2D eigenvalue weighted by Gasteiger charge is 2.46. The van der Waals surface area contributed by atoms with Crippen LogP contribution in [-0.2, 0) is 9.59 Å². The molecule has 17 heteroatoms. The second-order valence-corrected chi connectivity index (χ2v) is 17.9. The molecule has 3 aromatic rings. The lowest BCUT2D eigenvalue weighted by atomic mass is 9.88. The van der Waals surface area contributed by atoms with Gasteiger partial charge in [0.2, 0.25) is 11.8 Å². The van der Waals surface area contributed by atoms with Gasteiger partial charge in [-0.3, -0.25) is 39.1 Å². The molecule has 17 nitrogen and oxygen atoms in total. The lowest BCUT2D eigenvalue weighted by Gasteiger charge is -2.48. The minimum absolute atomic E-state index is 0.0754. The molecule has 324 valence electrons. The fourth-order valence-corrected chi connectivity index (χ4v) is 10.8. The molecular formula is C45H53N11O6. The molecule has 7 heterocycles. The van der Waals surface area contributed by atoms with Crippen LogP contribution in [0, 0.1) is 0 Å². The third-order valence-corrected chi connectivity index (χ3v) is 14.3. The normalized spacial score (nSPS) is 24.3. The summed E-state index contributed by atoms with van der Waals surface area (Å²) in [7, 11) is 0. The minimum Gasteiger partial charge on any atom is -0.368 e. The molecule has 0 radical (unpaired) electrons. The number of amides is 7. The molecule has 6 aliphatic heterocycles. The number of carbonyl (C=O) groups excluding carboxylic acids is 6. The number of nitrogens with one attached hydrogen (secondary N) is 2. The molecule has 6 fully saturated rings. The average molecular weight is 844 g/mol. The summed E-state index contributed by atoms with van der Waals surface area (Å²) in [6.45, 7) is 6.57. The molecule has 4 N–H and O–H groups in total. The second kappa shape index (κ2) is 16.3. The van der Waals surface area contributed by atoms with Crippen LogP contribution < -0.4 is 26.2 Å². The van der Waals surface area contributed by atoms with Crippen LogP contribution in [0.3, 0.4) is 0 Å². The highest BCUT2D eigenvalue weighted by Crippen LogP contribution is 2.36. The standard InChI is InChI=1S/C45H53N11O6/c46-40(58)39-41(49-37(23-47-39)52-17-3-6-32(24-52)55-21-20-54(45(55)62)30-4-1-2-5-30)48-29-9-7-27(8-10-29)28-15-18-51(19-16-28)33-25-53(26-33)31-11-12-34-35(22-31)44(61)56(43(34)60)36-13-14-38(57)50-42(36)59/h7-12,22-23,28,30,32-33,36H,1-6,13-21,24-26H2,(H2,46,58)(H,48,49)(H,50,57,59). The fraction of sp³-hybridized carbons (Fsp3) is 0.511. The van der Waals surface area contributed by atoms with E-state index in [-0.39, 0.29) is 36.2 Å². The number of rotatable bonds is 10. The molecular weight excluding hydrogens is 791 g/mol.